The van der Waals surface area contributed by atoms with Gasteiger partial charge in [0.1, 0.15) is 0 Å². The largest absolute Gasteiger partial charge is 0.394 e. The van der Waals surface area contributed by atoms with Crippen LogP contribution in [0.5, 0.6) is 0 Å². The van der Waals surface area contributed by atoms with Gasteiger partial charge in [-0.25, -0.2) is 0 Å². The van der Waals surface area contributed by atoms with Crippen molar-refractivity contribution in [3.8, 4) is 0 Å². The Morgan fingerprint density at radius 2 is 1.44 bits per heavy atom. The SMILES string of the molecule is CCCCCCCCCCCCCCCC(=O)NC(CO)CCCCC(=O)N1CC[C@H](OC)C1. The van der Waals surface area contributed by atoms with Crippen molar-refractivity contribution in [3.05, 3.63) is 0 Å². The number of amides is 2. The number of carbonyl (C=O) groups excluding carboxylic acids is 2. The highest BCUT2D eigenvalue weighted by Crippen LogP contribution is 2.15. The number of rotatable bonds is 22. The molecule has 0 aromatic rings. The zero-order valence-corrected chi connectivity index (χ0v) is 22.3. The van der Waals surface area contributed by atoms with Crippen molar-refractivity contribution in [2.75, 3.05) is 26.8 Å². The fraction of sp³-hybridized carbons (Fsp3) is 0.929. The lowest BCUT2D eigenvalue weighted by molar-refractivity contribution is -0.130. The van der Waals surface area contributed by atoms with E-state index in [1.807, 2.05) is 4.90 Å². The van der Waals surface area contributed by atoms with Gasteiger partial charge in [0.15, 0.2) is 0 Å². The van der Waals surface area contributed by atoms with Crippen molar-refractivity contribution in [1.82, 2.24) is 10.2 Å². The number of carbonyl (C=O) groups is 2. The van der Waals surface area contributed by atoms with Gasteiger partial charge in [0.2, 0.25) is 11.8 Å². The summed E-state index contributed by atoms with van der Waals surface area (Å²) in [5, 5.41) is 12.6. The van der Waals surface area contributed by atoms with Gasteiger partial charge in [0.25, 0.3) is 0 Å². The van der Waals surface area contributed by atoms with E-state index in [4.69, 9.17) is 4.74 Å². The molecule has 1 aliphatic heterocycles. The van der Waals surface area contributed by atoms with E-state index in [2.05, 4.69) is 12.2 Å². The second-order valence-corrected chi connectivity index (χ2v) is 10.2. The molecule has 2 amide bonds. The van der Waals surface area contributed by atoms with Gasteiger partial charge in [0, 0.05) is 33.0 Å². The van der Waals surface area contributed by atoms with Gasteiger partial charge < -0.3 is 20.1 Å². The summed E-state index contributed by atoms with van der Waals surface area (Å²) in [6, 6.07) is -0.200. The average molecular weight is 483 g/mol. The van der Waals surface area contributed by atoms with Gasteiger partial charge in [-0.3, -0.25) is 9.59 Å². The maximum absolute atomic E-state index is 12.3. The molecular weight excluding hydrogens is 428 g/mol. The molecule has 2 atom stereocenters. The van der Waals surface area contributed by atoms with E-state index < -0.39 is 0 Å². The Kier molecular flexibility index (Phi) is 19.2. The summed E-state index contributed by atoms with van der Waals surface area (Å²) in [5.41, 5.74) is 0. The third kappa shape index (κ3) is 15.7. The fourth-order valence-electron chi connectivity index (χ4n) is 4.78. The summed E-state index contributed by atoms with van der Waals surface area (Å²) in [7, 11) is 1.70. The van der Waals surface area contributed by atoms with E-state index in [0.29, 0.717) is 19.4 Å². The highest BCUT2D eigenvalue weighted by molar-refractivity contribution is 5.76. The number of hydrogen-bond acceptors (Lipinski definition) is 4. The van der Waals surface area contributed by atoms with Crippen LogP contribution < -0.4 is 5.32 Å². The van der Waals surface area contributed by atoms with E-state index in [1.165, 1.54) is 70.6 Å². The summed E-state index contributed by atoms with van der Waals surface area (Å²) >= 11 is 0. The number of nitrogens with zero attached hydrogens (tertiary/aromatic N) is 1. The molecule has 34 heavy (non-hydrogen) atoms. The number of methoxy groups -OCH3 is 1. The van der Waals surface area contributed by atoms with Crippen LogP contribution in [-0.2, 0) is 14.3 Å². The molecular formula is C28H54N2O4. The average Bonchev–Trinajstić information content (AvgIpc) is 3.33. The zero-order chi connectivity index (χ0) is 24.9. The van der Waals surface area contributed by atoms with Crippen molar-refractivity contribution in [2.24, 2.45) is 0 Å². The summed E-state index contributed by atoms with van der Waals surface area (Å²) < 4.78 is 5.32. The first-order chi connectivity index (χ1) is 16.6. The van der Waals surface area contributed by atoms with Crippen molar-refractivity contribution < 1.29 is 19.4 Å². The number of hydrogen-bond donors (Lipinski definition) is 2. The number of aliphatic hydroxyl groups excluding tert-OH is 1. The minimum absolute atomic E-state index is 0.0417. The van der Waals surface area contributed by atoms with Gasteiger partial charge in [-0.15, -0.1) is 0 Å². The lowest BCUT2D eigenvalue weighted by Gasteiger charge is -2.18. The summed E-state index contributed by atoms with van der Waals surface area (Å²) in [5.74, 6) is 0.229. The van der Waals surface area contributed by atoms with Gasteiger partial charge in [-0.1, -0.05) is 90.4 Å². The third-order valence-corrected chi connectivity index (χ3v) is 7.12. The summed E-state index contributed by atoms with van der Waals surface area (Å²) in [6.07, 6.45) is 21.4. The molecule has 0 radical (unpaired) electrons. The lowest BCUT2D eigenvalue weighted by Crippen LogP contribution is -2.37. The van der Waals surface area contributed by atoms with Crippen LogP contribution in [0.3, 0.4) is 0 Å². The highest BCUT2D eigenvalue weighted by Gasteiger charge is 2.25. The Balaban J connectivity index is 1.94. The van der Waals surface area contributed by atoms with Gasteiger partial charge >= 0.3 is 0 Å². The Labute approximate surface area is 209 Å². The van der Waals surface area contributed by atoms with Crippen LogP contribution in [0.15, 0.2) is 0 Å². The lowest BCUT2D eigenvalue weighted by atomic mass is 10.0. The van der Waals surface area contributed by atoms with Crippen LogP contribution in [0.1, 0.15) is 129 Å². The fourth-order valence-corrected chi connectivity index (χ4v) is 4.78. The molecule has 1 heterocycles. The monoisotopic (exact) mass is 482 g/mol. The standard InChI is InChI=1S/C28H54N2O4/c1-3-4-5-6-7-8-9-10-11-12-13-14-15-19-27(32)29-25(24-31)18-16-17-20-28(33)30-22-21-26(23-30)34-2/h25-26,31H,3-24H2,1-2H3,(H,29,32)/t25?,26-/m0/s1. The topological polar surface area (TPSA) is 78.9 Å². The van der Waals surface area contributed by atoms with E-state index in [9.17, 15) is 14.7 Å². The van der Waals surface area contributed by atoms with Gasteiger partial charge in [-0.2, -0.15) is 0 Å². The molecule has 0 aliphatic carbocycles. The minimum atomic E-state index is -0.200. The predicted octanol–water partition coefficient (Wildman–Crippen LogP) is 5.75. The van der Waals surface area contributed by atoms with E-state index in [-0.39, 0.29) is 30.6 Å². The van der Waals surface area contributed by atoms with Crippen molar-refractivity contribution in [2.45, 2.75) is 141 Å². The smallest absolute Gasteiger partial charge is 0.222 e. The molecule has 200 valence electrons. The Hall–Kier alpha value is -1.14. The highest BCUT2D eigenvalue weighted by atomic mass is 16.5. The Morgan fingerprint density at radius 3 is 1.97 bits per heavy atom. The number of unbranched alkanes of at least 4 members (excludes halogenated alkanes) is 13. The molecule has 0 spiro atoms. The summed E-state index contributed by atoms with van der Waals surface area (Å²) in [6.45, 7) is 3.70. The number of nitrogens with one attached hydrogen (secondary N) is 1. The molecule has 6 heteroatoms. The molecule has 0 saturated carbocycles. The molecule has 1 unspecified atom stereocenters. The van der Waals surface area contributed by atoms with Crippen LogP contribution in [0, 0.1) is 0 Å². The van der Waals surface area contributed by atoms with E-state index >= 15 is 0 Å². The number of likely N-dealkylation sites (tertiary alicyclic amines) is 1. The third-order valence-electron chi connectivity index (χ3n) is 7.12. The van der Waals surface area contributed by atoms with Crippen molar-refractivity contribution in [1.29, 1.82) is 0 Å². The summed E-state index contributed by atoms with van der Waals surface area (Å²) in [4.78, 5) is 26.3. The van der Waals surface area contributed by atoms with E-state index in [0.717, 1.165) is 45.1 Å². The van der Waals surface area contributed by atoms with Gasteiger partial charge in [-0.05, 0) is 25.7 Å². The van der Waals surface area contributed by atoms with Crippen LogP contribution in [0.25, 0.3) is 0 Å². The molecule has 1 saturated heterocycles. The molecule has 2 N–H and O–H groups in total. The number of aliphatic hydroxyl groups is 1. The molecule has 0 aromatic carbocycles. The molecule has 0 bridgehead atoms. The second kappa shape index (κ2) is 21.2. The first-order valence-corrected chi connectivity index (χ1v) is 14.3. The van der Waals surface area contributed by atoms with Crippen LogP contribution in [0.4, 0.5) is 0 Å². The van der Waals surface area contributed by atoms with Gasteiger partial charge in [0.05, 0.1) is 18.8 Å². The van der Waals surface area contributed by atoms with E-state index in [1.54, 1.807) is 7.11 Å². The molecule has 1 rings (SSSR count). The zero-order valence-electron chi connectivity index (χ0n) is 22.3. The normalized spacial score (nSPS) is 16.7. The maximum atomic E-state index is 12.3. The molecule has 1 fully saturated rings. The van der Waals surface area contributed by atoms with Crippen molar-refractivity contribution >= 4 is 11.8 Å². The Morgan fingerprint density at radius 1 is 0.882 bits per heavy atom. The molecule has 6 nitrogen and oxygen atoms in total. The van der Waals surface area contributed by atoms with Crippen LogP contribution >= 0.6 is 0 Å². The molecule has 0 aromatic heterocycles. The van der Waals surface area contributed by atoms with Crippen LogP contribution in [-0.4, -0.2) is 60.8 Å². The molecule has 1 aliphatic rings. The van der Waals surface area contributed by atoms with Crippen molar-refractivity contribution in [3.63, 3.8) is 0 Å². The predicted molar refractivity (Wildman–Crippen MR) is 140 cm³/mol. The Bertz CT molecular complexity index is 515. The van der Waals surface area contributed by atoms with Crippen LogP contribution in [0.2, 0.25) is 0 Å². The minimum Gasteiger partial charge on any atom is -0.394 e. The quantitative estimate of drug-likeness (QED) is 0.193. The first-order valence-electron chi connectivity index (χ1n) is 14.3. The maximum Gasteiger partial charge on any atom is 0.222 e. The first kappa shape index (κ1) is 30.9. The number of ether oxygens (including phenoxy) is 1. The second-order valence-electron chi connectivity index (χ2n) is 10.2.